The number of sulfonamides is 1. The molecule has 0 saturated carbocycles. The molecule has 7 nitrogen and oxygen atoms in total. The Morgan fingerprint density at radius 1 is 1.07 bits per heavy atom. The van der Waals surface area contributed by atoms with Gasteiger partial charge in [-0.15, -0.1) is 0 Å². The molecule has 0 spiro atoms. The third kappa shape index (κ3) is 4.89. The van der Waals surface area contributed by atoms with Gasteiger partial charge in [-0.3, -0.25) is 4.79 Å². The molecule has 1 fully saturated rings. The highest BCUT2D eigenvalue weighted by Crippen LogP contribution is 2.20. The van der Waals surface area contributed by atoms with E-state index in [9.17, 15) is 13.2 Å². The van der Waals surface area contributed by atoms with Crippen LogP contribution in [0.1, 0.15) is 12.5 Å². The zero-order valence-electron chi connectivity index (χ0n) is 15.9. The molecule has 0 aliphatic carbocycles. The zero-order chi connectivity index (χ0) is 20.1. The first-order chi connectivity index (χ1) is 13.4. The van der Waals surface area contributed by atoms with Gasteiger partial charge in [0.1, 0.15) is 5.75 Å². The standard InChI is InChI=1S/C20H24N2O5S/c1-15-3-7-18(8-4-15)27-16(2)20(23)21-17-5-9-19(10-6-17)28(24,25)22-11-13-26-14-12-22/h3-10,16H,11-14H2,1-2H3,(H,21,23)/t16-/m1/s1. The van der Waals surface area contributed by atoms with Crippen LogP contribution in [0.25, 0.3) is 0 Å². The molecule has 0 aromatic heterocycles. The van der Waals surface area contributed by atoms with Gasteiger partial charge in [-0.1, -0.05) is 17.7 Å². The lowest BCUT2D eigenvalue weighted by Crippen LogP contribution is -2.40. The van der Waals surface area contributed by atoms with E-state index in [0.29, 0.717) is 37.7 Å². The number of carbonyl (C=O) groups is 1. The smallest absolute Gasteiger partial charge is 0.265 e. The molecule has 8 heteroatoms. The van der Waals surface area contributed by atoms with Crippen LogP contribution in [0.2, 0.25) is 0 Å². The van der Waals surface area contributed by atoms with Crippen molar-refractivity contribution < 1.29 is 22.7 Å². The summed E-state index contributed by atoms with van der Waals surface area (Å²) in [7, 11) is -3.55. The summed E-state index contributed by atoms with van der Waals surface area (Å²) in [6.07, 6.45) is -0.695. The van der Waals surface area contributed by atoms with Crippen molar-refractivity contribution in [3.63, 3.8) is 0 Å². The molecule has 150 valence electrons. The van der Waals surface area contributed by atoms with Crippen LogP contribution in [0.5, 0.6) is 5.75 Å². The number of aryl methyl sites for hydroxylation is 1. The number of ether oxygens (including phenoxy) is 2. The van der Waals surface area contributed by atoms with Gasteiger partial charge in [0, 0.05) is 18.8 Å². The predicted molar refractivity (Wildman–Crippen MR) is 106 cm³/mol. The lowest BCUT2D eigenvalue weighted by molar-refractivity contribution is -0.122. The molecule has 3 rings (SSSR count). The maximum Gasteiger partial charge on any atom is 0.265 e. The number of rotatable bonds is 6. The van der Waals surface area contributed by atoms with E-state index in [2.05, 4.69) is 5.32 Å². The third-order valence-corrected chi connectivity index (χ3v) is 6.35. The van der Waals surface area contributed by atoms with Crippen LogP contribution in [-0.4, -0.2) is 51.0 Å². The van der Waals surface area contributed by atoms with Gasteiger partial charge in [-0.25, -0.2) is 8.42 Å². The van der Waals surface area contributed by atoms with Crippen LogP contribution in [0.15, 0.2) is 53.4 Å². The first-order valence-electron chi connectivity index (χ1n) is 9.08. The number of benzene rings is 2. The number of anilines is 1. The summed E-state index contributed by atoms with van der Waals surface area (Å²) in [4.78, 5) is 12.5. The third-order valence-electron chi connectivity index (χ3n) is 4.43. The van der Waals surface area contributed by atoms with Crippen LogP contribution < -0.4 is 10.1 Å². The topological polar surface area (TPSA) is 84.9 Å². The van der Waals surface area contributed by atoms with Gasteiger partial charge in [0.2, 0.25) is 10.0 Å². The second kappa shape index (κ2) is 8.72. The van der Waals surface area contributed by atoms with E-state index < -0.39 is 16.1 Å². The van der Waals surface area contributed by atoms with E-state index in [0.717, 1.165) is 5.56 Å². The molecular weight excluding hydrogens is 380 g/mol. The molecule has 2 aromatic carbocycles. The molecule has 2 aromatic rings. The molecule has 0 unspecified atom stereocenters. The summed E-state index contributed by atoms with van der Waals surface area (Å²) in [6.45, 7) is 5.11. The van der Waals surface area contributed by atoms with Crippen molar-refractivity contribution in [1.82, 2.24) is 4.31 Å². The minimum atomic E-state index is -3.55. The highest BCUT2D eigenvalue weighted by molar-refractivity contribution is 7.89. The van der Waals surface area contributed by atoms with Gasteiger partial charge in [0.25, 0.3) is 5.91 Å². The van der Waals surface area contributed by atoms with Crippen molar-refractivity contribution in [1.29, 1.82) is 0 Å². The molecule has 1 aliphatic heterocycles. The molecule has 1 heterocycles. The number of nitrogens with zero attached hydrogens (tertiary/aromatic N) is 1. The fraction of sp³-hybridized carbons (Fsp3) is 0.350. The summed E-state index contributed by atoms with van der Waals surface area (Å²) in [5, 5.41) is 2.74. The quantitative estimate of drug-likeness (QED) is 0.799. The monoisotopic (exact) mass is 404 g/mol. The zero-order valence-corrected chi connectivity index (χ0v) is 16.7. The number of nitrogens with one attached hydrogen (secondary N) is 1. The lowest BCUT2D eigenvalue weighted by Gasteiger charge is -2.26. The number of hydrogen-bond acceptors (Lipinski definition) is 5. The van der Waals surface area contributed by atoms with E-state index in [1.54, 1.807) is 19.1 Å². The fourth-order valence-electron chi connectivity index (χ4n) is 2.76. The molecule has 1 N–H and O–H groups in total. The number of carbonyl (C=O) groups excluding carboxylic acids is 1. The maximum absolute atomic E-state index is 12.6. The highest BCUT2D eigenvalue weighted by atomic mass is 32.2. The Bertz CT molecular complexity index is 905. The number of amides is 1. The van der Waals surface area contributed by atoms with E-state index in [-0.39, 0.29) is 10.8 Å². The molecule has 1 atom stereocenters. The summed E-state index contributed by atoms with van der Waals surface area (Å²) < 4.78 is 37.5. The van der Waals surface area contributed by atoms with E-state index in [1.165, 1.54) is 16.4 Å². The van der Waals surface area contributed by atoms with Crippen molar-refractivity contribution in [3.8, 4) is 5.75 Å². The normalized spacial score (nSPS) is 16.4. The number of hydrogen-bond donors (Lipinski definition) is 1. The van der Waals surface area contributed by atoms with Crippen molar-refractivity contribution in [3.05, 3.63) is 54.1 Å². The van der Waals surface area contributed by atoms with Crippen LogP contribution >= 0.6 is 0 Å². The molecular formula is C20H24N2O5S. The first-order valence-corrected chi connectivity index (χ1v) is 10.5. The highest BCUT2D eigenvalue weighted by Gasteiger charge is 2.26. The maximum atomic E-state index is 12.6. The van der Waals surface area contributed by atoms with Gasteiger partial charge in [-0.2, -0.15) is 4.31 Å². The van der Waals surface area contributed by atoms with E-state index >= 15 is 0 Å². The molecule has 0 radical (unpaired) electrons. The van der Waals surface area contributed by atoms with Gasteiger partial charge < -0.3 is 14.8 Å². The second-order valence-corrected chi connectivity index (χ2v) is 8.54. The Morgan fingerprint density at radius 3 is 2.29 bits per heavy atom. The van der Waals surface area contributed by atoms with Crippen molar-refractivity contribution in [2.45, 2.75) is 24.8 Å². The molecule has 28 heavy (non-hydrogen) atoms. The molecule has 1 amide bonds. The summed E-state index contributed by atoms with van der Waals surface area (Å²) in [6, 6.07) is 13.6. The fourth-order valence-corrected chi connectivity index (χ4v) is 4.17. The van der Waals surface area contributed by atoms with Gasteiger partial charge in [0.15, 0.2) is 6.10 Å². The molecule has 1 saturated heterocycles. The largest absolute Gasteiger partial charge is 0.481 e. The average Bonchev–Trinajstić information content (AvgIpc) is 2.70. The van der Waals surface area contributed by atoms with Crippen molar-refractivity contribution >= 4 is 21.6 Å². The Labute approximate surface area is 165 Å². The first kappa shape index (κ1) is 20.3. The second-order valence-electron chi connectivity index (χ2n) is 6.60. The summed E-state index contributed by atoms with van der Waals surface area (Å²) in [5.41, 5.74) is 1.61. The van der Waals surface area contributed by atoms with Crippen molar-refractivity contribution in [2.75, 3.05) is 31.6 Å². The molecule has 1 aliphatic rings. The van der Waals surface area contributed by atoms with E-state index in [1.807, 2.05) is 31.2 Å². The Kier molecular flexibility index (Phi) is 6.33. The van der Waals surface area contributed by atoms with E-state index in [4.69, 9.17) is 9.47 Å². The SMILES string of the molecule is Cc1ccc(O[C@H](C)C(=O)Nc2ccc(S(=O)(=O)N3CCOCC3)cc2)cc1. The van der Waals surface area contributed by atoms with Gasteiger partial charge >= 0.3 is 0 Å². The van der Waals surface area contributed by atoms with Crippen LogP contribution in [0.4, 0.5) is 5.69 Å². The Morgan fingerprint density at radius 2 is 1.68 bits per heavy atom. The van der Waals surface area contributed by atoms with Crippen molar-refractivity contribution in [2.24, 2.45) is 0 Å². The Balaban J connectivity index is 1.61. The summed E-state index contributed by atoms with van der Waals surface area (Å²) in [5.74, 6) is 0.296. The van der Waals surface area contributed by atoms with Crippen LogP contribution in [0, 0.1) is 6.92 Å². The lowest BCUT2D eigenvalue weighted by atomic mass is 10.2. The van der Waals surface area contributed by atoms with Crippen LogP contribution in [-0.2, 0) is 19.6 Å². The van der Waals surface area contributed by atoms with Gasteiger partial charge in [0.05, 0.1) is 18.1 Å². The average molecular weight is 404 g/mol. The van der Waals surface area contributed by atoms with Gasteiger partial charge in [-0.05, 0) is 50.2 Å². The Hall–Kier alpha value is -2.42. The predicted octanol–water partition coefficient (Wildman–Crippen LogP) is 2.42. The molecule has 0 bridgehead atoms. The van der Waals surface area contributed by atoms with Crippen LogP contribution in [0.3, 0.4) is 0 Å². The summed E-state index contributed by atoms with van der Waals surface area (Å²) >= 11 is 0. The minimum absolute atomic E-state index is 0.191. The minimum Gasteiger partial charge on any atom is -0.481 e. The number of morpholine rings is 1.